The number of carbonyl (C=O) groups excluding carboxylic acids is 3. The van der Waals surface area contributed by atoms with Gasteiger partial charge in [-0.1, -0.05) is 24.3 Å². The average Bonchev–Trinajstić information content (AvgIpc) is 2.71. The Morgan fingerprint density at radius 1 is 1.07 bits per heavy atom. The van der Waals surface area contributed by atoms with Crippen LogP contribution in [-0.2, 0) is 27.3 Å². The van der Waals surface area contributed by atoms with Crippen LogP contribution in [0.5, 0.6) is 5.75 Å². The van der Waals surface area contributed by atoms with Gasteiger partial charge in [0.25, 0.3) is 11.8 Å². The molecular weight excluding hydrogens is 360 g/mol. The maximum atomic E-state index is 12.7. The van der Waals surface area contributed by atoms with Crippen molar-refractivity contribution in [2.24, 2.45) is 5.73 Å². The van der Waals surface area contributed by atoms with Crippen LogP contribution in [0, 0.1) is 0 Å². The molecule has 0 aliphatic carbocycles. The summed E-state index contributed by atoms with van der Waals surface area (Å²) in [6.07, 6.45) is -0.0986. The van der Waals surface area contributed by atoms with Gasteiger partial charge in [0.2, 0.25) is 0 Å². The molecule has 0 spiro atoms. The van der Waals surface area contributed by atoms with E-state index in [9.17, 15) is 14.4 Å². The Kier molecular flexibility index (Phi) is 5.93. The van der Waals surface area contributed by atoms with E-state index in [-0.39, 0.29) is 18.1 Å². The monoisotopic (exact) mass is 382 g/mol. The summed E-state index contributed by atoms with van der Waals surface area (Å²) in [6.45, 7) is 2.45. The van der Waals surface area contributed by atoms with E-state index in [0.717, 1.165) is 12.0 Å². The van der Waals surface area contributed by atoms with Crippen LogP contribution in [0.4, 0.5) is 0 Å². The fourth-order valence-electron chi connectivity index (χ4n) is 3.06. The second-order valence-corrected chi connectivity index (χ2v) is 6.61. The first-order chi connectivity index (χ1) is 13.4. The van der Waals surface area contributed by atoms with Crippen LogP contribution in [0.1, 0.15) is 28.4 Å². The topological polar surface area (TPSA) is 98.9 Å². The summed E-state index contributed by atoms with van der Waals surface area (Å²) in [7, 11) is 0. The number of nitrogens with zero attached hydrogens (tertiary/aromatic N) is 1. The minimum absolute atomic E-state index is 0.218. The number of ether oxygens (including phenoxy) is 2. The molecular formula is C21H22N2O5. The Bertz CT molecular complexity index is 879. The normalized spacial score (nSPS) is 14.0. The number of hydrogen-bond donors (Lipinski definition) is 1. The number of rotatable bonds is 6. The minimum Gasteiger partial charge on any atom is -0.484 e. The molecule has 0 aromatic heterocycles. The molecule has 1 heterocycles. The molecule has 0 fully saturated rings. The van der Waals surface area contributed by atoms with Gasteiger partial charge in [-0.2, -0.15) is 0 Å². The van der Waals surface area contributed by atoms with E-state index < -0.39 is 18.0 Å². The van der Waals surface area contributed by atoms with E-state index >= 15 is 0 Å². The predicted molar refractivity (Wildman–Crippen MR) is 102 cm³/mol. The lowest BCUT2D eigenvalue weighted by molar-refractivity contribution is -0.140. The summed E-state index contributed by atoms with van der Waals surface area (Å²) >= 11 is 0. The van der Waals surface area contributed by atoms with Crippen LogP contribution in [0.15, 0.2) is 48.5 Å². The third kappa shape index (κ3) is 4.68. The third-order valence-corrected chi connectivity index (χ3v) is 4.55. The first-order valence-corrected chi connectivity index (χ1v) is 9.02. The number of fused-ring (bicyclic) bond motifs is 1. The van der Waals surface area contributed by atoms with Gasteiger partial charge in [-0.05, 0) is 48.7 Å². The summed E-state index contributed by atoms with van der Waals surface area (Å²) < 4.78 is 10.5. The number of carbonyl (C=O) groups is 3. The van der Waals surface area contributed by atoms with Gasteiger partial charge in [0.05, 0.1) is 5.56 Å². The summed E-state index contributed by atoms with van der Waals surface area (Å²) in [5, 5.41) is 0. The van der Waals surface area contributed by atoms with Gasteiger partial charge in [-0.15, -0.1) is 0 Å². The van der Waals surface area contributed by atoms with Crippen molar-refractivity contribution in [2.45, 2.75) is 26.0 Å². The van der Waals surface area contributed by atoms with Gasteiger partial charge < -0.3 is 20.1 Å². The molecule has 0 radical (unpaired) electrons. The lowest BCUT2D eigenvalue weighted by Gasteiger charge is -2.30. The first-order valence-electron chi connectivity index (χ1n) is 9.02. The largest absolute Gasteiger partial charge is 0.484 e. The molecule has 7 heteroatoms. The molecule has 2 N–H and O–H groups in total. The predicted octanol–water partition coefficient (Wildman–Crippen LogP) is 1.68. The van der Waals surface area contributed by atoms with Gasteiger partial charge in [0, 0.05) is 13.1 Å². The zero-order valence-electron chi connectivity index (χ0n) is 15.6. The molecule has 1 aliphatic heterocycles. The fourth-order valence-corrected chi connectivity index (χ4v) is 3.06. The van der Waals surface area contributed by atoms with Crippen LogP contribution in [0.2, 0.25) is 0 Å². The first kappa shape index (κ1) is 19.4. The fraction of sp³-hybridized carbons (Fsp3) is 0.286. The van der Waals surface area contributed by atoms with Crippen molar-refractivity contribution in [3.8, 4) is 5.75 Å². The lowest BCUT2D eigenvalue weighted by Crippen LogP contribution is -2.42. The maximum Gasteiger partial charge on any atom is 0.338 e. The lowest BCUT2D eigenvalue weighted by atomic mass is 9.99. The molecule has 0 bridgehead atoms. The summed E-state index contributed by atoms with van der Waals surface area (Å²) in [6, 6.07) is 14.1. The average molecular weight is 382 g/mol. The molecule has 3 rings (SSSR count). The van der Waals surface area contributed by atoms with Gasteiger partial charge in [-0.25, -0.2) is 4.79 Å². The van der Waals surface area contributed by atoms with Crippen LogP contribution in [-0.4, -0.2) is 41.9 Å². The van der Waals surface area contributed by atoms with E-state index in [1.165, 1.54) is 29.8 Å². The summed E-state index contributed by atoms with van der Waals surface area (Å²) in [5.41, 5.74) is 7.67. The Morgan fingerprint density at radius 3 is 2.43 bits per heavy atom. The van der Waals surface area contributed by atoms with Crippen LogP contribution in [0.25, 0.3) is 0 Å². The van der Waals surface area contributed by atoms with Crippen LogP contribution >= 0.6 is 0 Å². The van der Waals surface area contributed by atoms with Gasteiger partial charge >= 0.3 is 5.97 Å². The molecule has 0 saturated carbocycles. The SMILES string of the molecule is C[C@H](OC(=O)c1ccc(OCC(N)=O)cc1)C(=O)N1CCc2ccccc2C1. The number of hydrogen-bond acceptors (Lipinski definition) is 5. The molecule has 0 unspecified atom stereocenters. The number of esters is 1. The number of benzene rings is 2. The van der Waals surface area contributed by atoms with Crippen LogP contribution < -0.4 is 10.5 Å². The molecule has 2 amide bonds. The van der Waals surface area contributed by atoms with Crippen molar-refractivity contribution in [2.75, 3.05) is 13.2 Å². The Labute approximate surface area is 163 Å². The zero-order chi connectivity index (χ0) is 20.1. The van der Waals surface area contributed by atoms with Crippen molar-refractivity contribution < 1.29 is 23.9 Å². The minimum atomic E-state index is -0.886. The van der Waals surface area contributed by atoms with E-state index in [4.69, 9.17) is 15.2 Å². The maximum absolute atomic E-state index is 12.7. The molecule has 0 saturated heterocycles. The van der Waals surface area contributed by atoms with E-state index in [0.29, 0.717) is 18.8 Å². The molecule has 146 valence electrons. The summed E-state index contributed by atoms with van der Waals surface area (Å²) in [4.78, 5) is 37.4. The molecule has 1 atom stereocenters. The van der Waals surface area contributed by atoms with Crippen LogP contribution in [0.3, 0.4) is 0 Å². The van der Waals surface area contributed by atoms with Crippen molar-refractivity contribution in [1.82, 2.24) is 4.90 Å². The Hall–Kier alpha value is -3.35. The summed E-state index contributed by atoms with van der Waals surface area (Å²) in [5.74, 6) is -0.994. The van der Waals surface area contributed by atoms with Crippen molar-refractivity contribution in [3.05, 3.63) is 65.2 Å². The highest BCUT2D eigenvalue weighted by Crippen LogP contribution is 2.20. The van der Waals surface area contributed by atoms with E-state index in [1.807, 2.05) is 18.2 Å². The van der Waals surface area contributed by atoms with Gasteiger partial charge in [0.15, 0.2) is 12.7 Å². The number of primary amides is 1. The Morgan fingerprint density at radius 2 is 1.75 bits per heavy atom. The number of amides is 2. The number of nitrogens with two attached hydrogens (primary N) is 1. The van der Waals surface area contributed by atoms with Gasteiger partial charge in [-0.3, -0.25) is 9.59 Å². The molecule has 28 heavy (non-hydrogen) atoms. The quantitative estimate of drug-likeness (QED) is 0.767. The zero-order valence-corrected chi connectivity index (χ0v) is 15.6. The van der Waals surface area contributed by atoms with E-state index in [2.05, 4.69) is 6.07 Å². The highest BCUT2D eigenvalue weighted by Gasteiger charge is 2.27. The highest BCUT2D eigenvalue weighted by atomic mass is 16.5. The molecule has 1 aliphatic rings. The Balaban J connectivity index is 1.56. The standard InChI is InChI=1S/C21H22N2O5/c1-14(20(25)23-11-10-15-4-2-3-5-17(15)12-23)28-21(26)16-6-8-18(9-7-16)27-13-19(22)24/h2-9,14H,10-13H2,1H3,(H2,22,24)/t14-/m0/s1. The highest BCUT2D eigenvalue weighted by molar-refractivity contribution is 5.92. The molecule has 7 nitrogen and oxygen atoms in total. The molecule has 2 aromatic carbocycles. The smallest absolute Gasteiger partial charge is 0.338 e. The van der Waals surface area contributed by atoms with Crippen molar-refractivity contribution >= 4 is 17.8 Å². The van der Waals surface area contributed by atoms with Crippen molar-refractivity contribution in [3.63, 3.8) is 0 Å². The third-order valence-electron chi connectivity index (χ3n) is 4.55. The second kappa shape index (κ2) is 8.56. The van der Waals surface area contributed by atoms with Gasteiger partial charge in [0.1, 0.15) is 5.75 Å². The van der Waals surface area contributed by atoms with Crippen molar-refractivity contribution in [1.29, 1.82) is 0 Å². The second-order valence-electron chi connectivity index (χ2n) is 6.61. The molecule has 2 aromatic rings. The van der Waals surface area contributed by atoms with E-state index in [1.54, 1.807) is 11.8 Å².